The summed E-state index contributed by atoms with van der Waals surface area (Å²) < 4.78 is 0. The molecule has 2 aromatic carbocycles. The minimum Gasteiger partial charge on any atom is -0.393 e. The number of pyridine rings is 1. The molecule has 0 unspecified atom stereocenters. The third-order valence-electron chi connectivity index (χ3n) is 4.86. The van der Waals surface area contributed by atoms with Gasteiger partial charge >= 0.3 is 0 Å². The highest BCUT2D eigenvalue weighted by atomic mass is 16.3. The van der Waals surface area contributed by atoms with Gasteiger partial charge in [-0.1, -0.05) is 54.6 Å². The number of hydrogen-bond donors (Lipinski definition) is 1. The van der Waals surface area contributed by atoms with Crippen LogP contribution < -0.4 is 4.90 Å². The SMILES string of the molecule is OC1CCN(c2cc(-c3ccc(-c4ccccc4)cc3)ccn2)CC1. The van der Waals surface area contributed by atoms with Crippen LogP contribution in [0.25, 0.3) is 22.3 Å². The lowest BCUT2D eigenvalue weighted by atomic mass is 10.0. The van der Waals surface area contributed by atoms with Crippen molar-refractivity contribution in [2.75, 3.05) is 18.0 Å². The first-order valence-corrected chi connectivity index (χ1v) is 8.84. The lowest BCUT2D eigenvalue weighted by Gasteiger charge is -2.30. The zero-order chi connectivity index (χ0) is 17.1. The predicted octanol–water partition coefficient (Wildman–Crippen LogP) is 4.38. The standard InChI is InChI=1S/C22H22N2O/c25-21-11-14-24(15-12-21)22-16-20(10-13-23-22)19-8-6-18(7-9-19)17-4-2-1-3-5-17/h1-10,13,16,21,25H,11-12,14-15H2. The van der Waals surface area contributed by atoms with Crippen LogP contribution in [0.3, 0.4) is 0 Å². The fourth-order valence-corrected chi connectivity index (χ4v) is 3.35. The van der Waals surface area contributed by atoms with Gasteiger partial charge in [0.1, 0.15) is 5.82 Å². The van der Waals surface area contributed by atoms with E-state index < -0.39 is 0 Å². The number of aliphatic hydroxyl groups is 1. The van der Waals surface area contributed by atoms with Crippen LogP contribution in [-0.4, -0.2) is 29.3 Å². The van der Waals surface area contributed by atoms with Crippen LogP contribution in [0.15, 0.2) is 72.9 Å². The van der Waals surface area contributed by atoms with Gasteiger partial charge in [0.25, 0.3) is 0 Å². The van der Waals surface area contributed by atoms with Gasteiger partial charge in [0.2, 0.25) is 0 Å². The Morgan fingerprint density at radius 3 is 2.04 bits per heavy atom. The van der Waals surface area contributed by atoms with Crippen molar-refractivity contribution in [3.8, 4) is 22.3 Å². The second-order valence-electron chi connectivity index (χ2n) is 6.56. The maximum atomic E-state index is 9.68. The second-order valence-corrected chi connectivity index (χ2v) is 6.56. The summed E-state index contributed by atoms with van der Waals surface area (Å²) in [5.74, 6) is 0.997. The maximum Gasteiger partial charge on any atom is 0.129 e. The number of aliphatic hydroxyl groups excluding tert-OH is 1. The van der Waals surface area contributed by atoms with Crippen molar-refractivity contribution < 1.29 is 5.11 Å². The largest absolute Gasteiger partial charge is 0.393 e. The van der Waals surface area contributed by atoms with Crippen molar-refractivity contribution in [2.24, 2.45) is 0 Å². The molecule has 0 spiro atoms. The van der Waals surface area contributed by atoms with Crippen molar-refractivity contribution in [2.45, 2.75) is 18.9 Å². The summed E-state index contributed by atoms with van der Waals surface area (Å²) in [6.07, 6.45) is 3.35. The molecule has 1 aliphatic rings. The summed E-state index contributed by atoms with van der Waals surface area (Å²) in [5.41, 5.74) is 4.83. The summed E-state index contributed by atoms with van der Waals surface area (Å²) in [7, 11) is 0. The van der Waals surface area contributed by atoms with Crippen LogP contribution in [-0.2, 0) is 0 Å². The predicted molar refractivity (Wildman–Crippen MR) is 103 cm³/mol. The van der Waals surface area contributed by atoms with E-state index in [4.69, 9.17) is 0 Å². The average Bonchev–Trinajstić information content (AvgIpc) is 2.69. The van der Waals surface area contributed by atoms with E-state index in [0.29, 0.717) is 0 Å². The van der Waals surface area contributed by atoms with Gasteiger partial charge in [0.05, 0.1) is 6.10 Å². The molecule has 0 amide bonds. The van der Waals surface area contributed by atoms with Gasteiger partial charge in [-0.15, -0.1) is 0 Å². The number of benzene rings is 2. The van der Waals surface area contributed by atoms with Crippen molar-refractivity contribution in [1.29, 1.82) is 0 Å². The van der Waals surface area contributed by atoms with E-state index in [0.717, 1.165) is 31.7 Å². The van der Waals surface area contributed by atoms with E-state index in [1.165, 1.54) is 22.3 Å². The van der Waals surface area contributed by atoms with Gasteiger partial charge in [0.15, 0.2) is 0 Å². The molecule has 0 aliphatic carbocycles. The summed E-state index contributed by atoms with van der Waals surface area (Å²) >= 11 is 0. The molecule has 0 bridgehead atoms. The molecule has 0 radical (unpaired) electrons. The molecule has 3 heteroatoms. The lowest BCUT2D eigenvalue weighted by Crippen LogP contribution is -2.36. The van der Waals surface area contributed by atoms with Gasteiger partial charge in [-0.3, -0.25) is 0 Å². The van der Waals surface area contributed by atoms with E-state index in [-0.39, 0.29) is 6.10 Å². The molecule has 4 rings (SSSR count). The molecule has 1 saturated heterocycles. The normalized spacial score (nSPS) is 15.3. The third kappa shape index (κ3) is 3.57. The first-order valence-electron chi connectivity index (χ1n) is 8.84. The molecule has 1 fully saturated rings. The van der Waals surface area contributed by atoms with E-state index >= 15 is 0 Å². The molecular weight excluding hydrogens is 308 g/mol. The number of nitrogens with zero attached hydrogens (tertiary/aromatic N) is 2. The molecule has 126 valence electrons. The Balaban J connectivity index is 1.57. The quantitative estimate of drug-likeness (QED) is 0.774. The van der Waals surface area contributed by atoms with E-state index in [1.54, 1.807) is 0 Å². The van der Waals surface area contributed by atoms with Crippen molar-refractivity contribution in [3.05, 3.63) is 72.9 Å². The topological polar surface area (TPSA) is 36.4 Å². The molecule has 3 nitrogen and oxygen atoms in total. The third-order valence-corrected chi connectivity index (χ3v) is 4.86. The summed E-state index contributed by atoms with van der Waals surface area (Å²) in [6.45, 7) is 1.73. The average molecular weight is 330 g/mol. The highest BCUT2D eigenvalue weighted by molar-refractivity contribution is 5.71. The molecule has 3 aromatic rings. The van der Waals surface area contributed by atoms with Gasteiger partial charge in [0, 0.05) is 19.3 Å². The summed E-state index contributed by atoms with van der Waals surface area (Å²) in [6, 6.07) is 23.3. The zero-order valence-electron chi connectivity index (χ0n) is 14.2. The maximum absolute atomic E-state index is 9.68. The van der Waals surface area contributed by atoms with E-state index in [9.17, 15) is 5.11 Å². The summed E-state index contributed by atoms with van der Waals surface area (Å²) in [5, 5.41) is 9.68. The Hall–Kier alpha value is -2.65. The Bertz CT molecular complexity index is 822. The minimum atomic E-state index is -0.162. The van der Waals surface area contributed by atoms with Crippen molar-refractivity contribution in [3.63, 3.8) is 0 Å². The molecule has 2 heterocycles. The Morgan fingerprint density at radius 2 is 1.36 bits per heavy atom. The number of aromatic nitrogens is 1. The lowest BCUT2D eigenvalue weighted by molar-refractivity contribution is 0.145. The Kier molecular flexibility index (Phi) is 4.49. The second kappa shape index (κ2) is 7.08. The van der Waals surface area contributed by atoms with Crippen molar-refractivity contribution >= 4 is 5.82 Å². The molecule has 25 heavy (non-hydrogen) atoms. The van der Waals surface area contributed by atoms with Crippen LogP contribution in [0, 0.1) is 0 Å². The van der Waals surface area contributed by atoms with Gasteiger partial charge in [-0.2, -0.15) is 0 Å². The van der Waals surface area contributed by atoms with Crippen molar-refractivity contribution in [1.82, 2.24) is 4.98 Å². The highest BCUT2D eigenvalue weighted by Crippen LogP contribution is 2.27. The first kappa shape index (κ1) is 15.9. The van der Waals surface area contributed by atoms with Crippen LogP contribution in [0.1, 0.15) is 12.8 Å². The highest BCUT2D eigenvalue weighted by Gasteiger charge is 2.18. The molecule has 0 saturated carbocycles. The molecule has 0 atom stereocenters. The Labute approximate surface area is 148 Å². The zero-order valence-corrected chi connectivity index (χ0v) is 14.2. The van der Waals surface area contributed by atoms with Gasteiger partial charge in [-0.25, -0.2) is 4.98 Å². The van der Waals surface area contributed by atoms with Crippen LogP contribution in [0.2, 0.25) is 0 Å². The number of anilines is 1. The Morgan fingerprint density at radius 1 is 0.760 bits per heavy atom. The van der Waals surface area contributed by atoms with E-state index in [1.807, 2.05) is 12.3 Å². The molecule has 1 N–H and O–H groups in total. The monoisotopic (exact) mass is 330 g/mol. The molecular formula is C22H22N2O. The summed E-state index contributed by atoms with van der Waals surface area (Å²) in [4.78, 5) is 6.78. The van der Waals surface area contributed by atoms with Gasteiger partial charge < -0.3 is 10.0 Å². The number of hydrogen-bond acceptors (Lipinski definition) is 3. The van der Waals surface area contributed by atoms with Gasteiger partial charge in [-0.05, 0) is 47.2 Å². The van der Waals surface area contributed by atoms with Crippen LogP contribution in [0.4, 0.5) is 5.82 Å². The van der Waals surface area contributed by atoms with Crippen LogP contribution in [0.5, 0.6) is 0 Å². The number of piperidine rings is 1. The smallest absolute Gasteiger partial charge is 0.129 e. The fraction of sp³-hybridized carbons (Fsp3) is 0.227. The van der Waals surface area contributed by atoms with Crippen LogP contribution >= 0.6 is 0 Å². The first-order chi connectivity index (χ1) is 12.3. The molecule has 1 aromatic heterocycles. The number of rotatable bonds is 3. The van der Waals surface area contributed by atoms with E-state index in [2.05, 4.69) is 70.5 Å². The molecule has 1 aliphatic heterocycles. The fourth-order valence-electron chi connectivity index (χ4n) is 3.35. The minimum absolute atomic E-state index is 0.162.